The summed E-state index contributed by atoms with van der Waals surface area (Å²) < 4.78 is 0. The van der Waals surface area contributed by atoms with Crippen LogP contribution in [0.5, 0.6) is 0 Å². The fourth-order valence-corrected chi connectivity index (χ4v) is 1.79. The molecule has 14 heavy (non-hydrogen) atoms. The molecule has 1 aliphatic carbocycles. The van der Waals surface area contributed by atoms with Gasteiger partial charge in [0.15, 0.2) is 0 Å². The molecule has 0 radical (unpaired) electrons. The Balaban J connectivity index is 2.07. The van der Waals surface area contributed by atoms with Crippen molar-refractivity contribution in [2.75, 3.05) is 5.32 Å². The highest BCUT2D eigenvalue weighted by atomic mass is 35.5. The first-order valence-corrected chi connectivity index (χ1v) is 5.33. The minimum atomic E-state index is 0.00252. The van der Waals surface area contributed by atoms with E-state index in [9.17, 15) is 0 Å². The molecule has 0 unspecified atom stereocenters. The van der Waals surface area contributed by atoms with Gasteiger partial charge in [-0.15, -0.1) is 0 Å². The third-order valence-electron chi connectivity index (χ3n) is 2.70. The highest BCUT2D eigenvalue weighted by molar-refractivity contribution is 6.31. The van der Waals surface area contributed by atoms with Gasteiger partial charge in [0.1, 0.15) is 0 Å². The van der Waals surface area contributed by atoms with Gasteiger partial charge in [0.2, 0.25) is 0 Å². The Kier molecular flexibility index (Phi) is 2.94. The Morgan fingerprint density at radius 3 is 2.71 bits per heavy atom. The predicted molar refractivity (Wildman–Crippen MR) is 58.6 cm³/mol. The molecule has 0 atom stereocenters. The zero-order valence-electron chi connectivity index (χ0n) is 7.96. The Morgan fingerprint density at radius 2 is 2.21 bits per heavy atom. The molecule has 0 amide bonds. The number of benzene rings is 1. The first-order valence-electron chi connectivity index (χ1n) is 4.95. The van der Waals surface area contributed by atoms with Crippen LogP contribution in [0.1, 0.15) is 24.8 Å². The summed E-state index contributed by atoms with van der Waals surface area (Å²) in [7, 11) is 0. The van der Waals surface area contributed by atoms with Gasteiger partial charge in [0, 0.05) is 16.8 Å². The van der Waals surface area contributed by atoms with Gasteiger partial charge in [-0.2, -0.15) is 0 Å². The summed E-state index contributed by atoms with van der Waals surface area (Å²) in [4.78, 5) is 0. The second-order valence-corrected chi connectivity index (χ2v) is 4.14. The Bertz CT molecular complexity index is 323. The summed E-state index contributed by atoms with van der Waals surface area (Å²) in [5.41, 5.74) is 1.84. The highest BCUT2D eigenvalue weighted by Gasteiger charge is 2.16. The van der Waals surface area contributed by atoms with Crippen molar-refractivity contribution < 1.29 is 5.11 Å². The average Bonchev–Trinajstić information content (AvgIpc) is 2.12. The SMILES string of the molecule is OCc1ccc(NC2CCC2)cc1Cl. The first-order chi connectivity index (χ1) is 6.79. The van der Waals surface area contributed by atoms with Crippen LogP contribution in [0.2, 0.25) is 5.02 Å². The third kappa shape index (κ3) is 2.02. The van der Waals surface area contributed by atoms with Crippen LogP contribution >= 0.6 is 11.6 Å². The molecule has 0 aromatic heterocycles. The van der Waals surface area contributed by atoms with E-state index < -0.39 is 0 Å². The average molecular weight is 212 g/mol. The molecule has 76 valence electrons. The van der Waals surface area contributed by atoms with Crippen LogP contribution in [-0.4, -0.2) is 11.1 Å². The zero-order chi connectivity index (χ0) is 9.97. The molecular weight excluding hydrogens is 198 g/mol. The number of aliphatic hydroxyl groups excluding tert-OH is 1. The van der Waals surface area contributed by atoms with E-state index in [1.807, 2.05) is 18.2 Å². The Labute approximate surface area is 88.9 Å². The van der Waals surface area contributed by atoms with E-state index in [1.165, 1.54) is 19.3 Å². The molecule has 3 heteroatoms. The van der Waals surface area contributed by atoms with Gasteiger partial charge in [-0.1, -0.05) is 17.7 Å². The molecule has 0 heterocycles. The molecule has 2 nitrogen and oxygen atoms in total. The highest BCUT2D eigenvalue weighted by Crippen LogP contribution is 2.26. The molecule has 0 saturated heterocycles. The topological polar surface area (TPSA) is 32.3 Å². The number of hydrogen-bond acceptors (Lipinski definition) is 2. The maximum atomic E-state index is 8.94. The van der Waals surface area contributed by atoms with Crippen molar-refractivity contribution in [2.24, 2.45) is 0 Å². The number of nitrogens with one attached hydrogen (secondary N) is 1. The summed E-state index contributed by atoms with van der Waals surface area (Å²) in [6.07, 6.45) is 3.82. The van der Waals surface area contributed by atoms with Crippen LogP contribution in [-0.2, 0) is 6.61 Å². The van der Waals surface area contributed by atoms with Crippen molar-refractivity contribution in [1.82, 2.24) is 0 Å². The largest absolute Gasteiger partial charge is 0.392 e. The van der Waals surface area contributed by atoms with Crippen LogP contribution in [0.4, 0.5) is 5.69 Å². The van der Waals surface area contributed by atoms with E-state index in [4.69, 9.17) is 16.7 Å². The molecule has 2 rings (SSSR count). The monoisotopic (exact) mass is 211 g/mol. The molecule has 1 saturated carbocycles. The number of rotatable bonds is 3. The van der Waals surface area contributed by atoms with E-state index in [2.05, 4.69) is 5.32 Å². The third-order valence-corrected chi connectivity index (χ3v) is 3.05. The van der Waals surface area contributed by atoms with E-state index in [1.54, 1.807) is 0 Å². The summed E-state index contributed by atoms with van der Waals surface area (Å²) >= 11 is 5.97. The van der Waals surface area contributed by atoms with Gasteiger partial charge >= 0.3 is 0 Å². The lowest BCUT2D eigenvalue weighted by Crippen LogP contribution is -2.26. The maximum Gasteiger partial charge on any atom is 0.0696 e. The summed E-state index contributed by atoms with van der Waals surface area (Å²) in [6, 6.07) is 6.33. The smallest absolute Gasteiger partial charge is 0.0696 e. The van der Waals surface area contributed by atoms with Gasteiger partial charge in [-0.25, -0.2) is 0 Å². The second kappa shape index (κ2) is 4.20. The van der Waals surface area contributed by atoms with Crippen molar-refractivity contribution in [1.29, 1.82) is 0 Å². The molecule has 1 aliphatic rings. The zero-order valence-corrected chi connectivity index (χ0v) is 8.72. The van der Waals surface area contributed by atoms with Gasteiger partial charge in [-0.3, -0.25) is 0 Å². The summed E-state index contributed by atoms with van der Waals surface area (Å²) in [5, 5.41) is 13.0. The van der Waals surface area contributed by atoms with E-state index in [-0.39, 0.29) is 6.61 Å². The molecule has 0 bridgehead atoms. The molecule has 1 fully saturated rings. The van der Waals surface area contributed by atoms with Crippen molar-refractivity contribution >= 4 is 17.3 Å². The van der Waals surface area contributed by atoms with Crippen molar-refractivity contribution in [3.8, 4) is 0 Å². The van der Waals surface area contributed by atoms with Crippen LogP contribution in [0.25, 0.3) is 0 Å². The molecule has 0 spiro atoms. The van der Waals surface area contributed by atoms with Crippen LogP contribution in [0, 0.1) is 0 Å². The number of halogens is 1. The molecule has 0 aliphatic heterocycles. The van der Waals surface area contributed by atoms with Crippen molar-refractivity contribution in [3.63, 3.8) is 0 Å². The standard InChI is InChI=1S/C11H14ClNO/c12-11-6-10(5-4-8(11)7-14)13-9-2-1-3-9/h4-6,9,13-14H,1-3,7H2. The predicted octanol–water partition coefficient (Wildman–Crippen LogP) is 2.80. The second-order valence-electron chi connectivity index (χ2n) is 3.74. The normalized spacial score (nSPS) is 16.4. The van der Waals surface area contributed by atoms with E-state index >= 15 is 0 Å². The minimum Gasteiger partial charge on any atom is -0.392 e. The Hall–Kier alpha value is -0.730. The molecule has 1 aromatic rings. The van der Waals surface area contributed by atoms with Gasteiger partial charge < -0.3 is 10.4 Å². The van der Waals surface area contributed by atoms with Crippen molar-refractivity contribution in [3.05, 3.63) is 28.8 Å². The lowest BCUT2D eigenvalue weighted by molar-refractivity contribution is 0.282. The quantitative estimate of drug-likeness (QED) is 0.806. The lowest BCUT2D eigenvalue weighted by Gasteiger charge is -2.27. The van der Waals surface area contributed by atoms with Crippen molar-refractivity contribution in [2.45, 2.75) is 31.9 Å². The summed E-state index contributed by atoms with van der Waals surface area (Å²) in [5.74, 6) is 0. The van der Waals surface area contributed by atoms with Crippen LogP contribution < -0.4 is 5.32 Å². The van der Waals surface area contributed by atoms with Crippen LogP contribution in [0.15, 0.2) is 18.2 Å². The first kappa shape index (κ1) is 9.81. The van der Waals surface area contributed by atoms with E-state index in [0.717, 1.165) is 11.3 Å². The van der Waals surface area contributed by atoms with Gasteiger partial charge in [-0.05, 0) is 37.0 Å². The van der Waals surface area contributed by atoms with E-state index in [0.29, 0.717) is 11.1 Å². The lowest BCUT2D eigenvalue weighted by atomic mass is 9.93. The Morgan fingerprint density at radius 1 is 1.43 bits per heavy atom. The number of aliphatic hydroxyl groups is 1. The molecular formula is C11H14ClNO. The number of hydrogen-bond donors (Lipinski definition) is 2. The maximum absolute atomic E-state index is 8.94. The van der Waals surface area contributed by atoms with Gasteiger partial charge in [0.05, 0.1) is 6.61 Å². The fraction of sp³-hybridized carbons (Fsp3) is 0.455. The van der Waals surface area contributed by atoms with Gasteiger partial charge in [0.25, 0.3) is 0 Å². The minimum absolute atomic E-state index is 0.00252. The number of anilines is 1. The van der Waals surface area contributed by atoms with Crippen LogP contribution in [0.3, 0.4) is 0 Å². The molecule has 2 N–H and O–H groups in total. The molecule has 1 aromatic carbocycles. The fourth-order valence-electron chi connectivity index (χ4n) is 1.55. The summed E-state index contributed by atoms with van der Waals surface area (Å²) in [6.45, 7) is 0.00252.